The Bertz CT molecular complexity index is 518. The molecule has 3 N–H and O–H groups in total. The molecular weight excluding hydrogens is 236 g/mol. The third kappa shape index (κ3) is 3.66. The summed E-state index contributed by atoms with van der Waals surface area (Å²) in [6.07, 6.45) is 6.68. The first-order valence-electron chi connectivity index (χ1n) is 6.67. The molecule has 0 aliphatic carbocycles. The average Bonchev–Trinajstić information content (AvgIpc) is 2.82. The summed E-state index contributed by atoms with van der Waals surface area (Å²) in [5.41, 5.74) is 5.59. The number of hydrogen-bond donors (Lipinski definition) is 2. The van der Waals surface area contributed by atoms with Crippen molar-refractivity contribution in [2.45, 2.75) is 32.2 Å². The van der Waals surface area contributed by atoms with Crippen LogP contribution in [0.25, 0.3) is 0 Å². The molecule has 19 heavy (non-hydrogen) atoms. The molecule has 4 nitrogen and oxygen atoms in total. The SMILES string of the molecule is Cc1ccccc1CC(CCc1nccn1C)NN. The summed E-state index contributed by atoms with van der Waals surface area (Å²) in [7, 11) is 2.02. The Morgan fingerprint density at radius 2 is 2.16 bits per heavy atom. The minimum Gasteiger partial charge on any atom is -0.338 e. The van der Waals surface area contributed by atoms with E-state index >= 15 is 0 Å². The maximum absolute atomic E-state index is 5.67. The highest BCUT2D eigenvalue weighted by molar-refractivity contribution is 5.26. The average molecular weight is 258 g/mol. The summed E-state index contributed by atoms with van der Waals surface area (Å²) in [5, 5.41) is 0. The maximum atomic E-state index is 5.67. The summed E-state index contributed by atoms with van der Waals surface area (Å²) in [6, 6.07) is 8.73. The number of nitrogens with one attached hydrogen (secondary N) is 1. The number of imidazole rings is 1. The Labute approximate surface area is 114 Å². The van der Waals surface area contributed by atoms with Gasteiger partial charge in [0.1, 0.15) is 5.82 Å². The predicted octanol–water partition coefficient (Wildman–Crippen LogP) is 1.74. The van der Waals surface area contributed by atoms with Crippen LogP contribution in [0.5, 0.6) is 0 Å². The first-order chi connectivity index (χ1) is 9.20. The quantitative estimate of drug-likeness (QED) is 0.613. The number of aryl methyl sites for hydroxylation is 3. The molecule has 4 heteroatoms. The number of nitrogens with two attached hydrogens (primary N) is 1. The Hall–Kier alpha value is -1.65. The molecule has 0 aliphatic heterocycles. The molecule has 1 aromatic heterocycles. The Morgan fingerprint density at radius 3 is 2.79 bits per heavy atom. The van der Waals surface area contributed by atoms with Crippen LogP contribution in [0.2, 0.25) is 0 Å². The number of nitrogens with zero attached hydrogens (tertiary/aromatic N) is 2. The van der Waals surface area contributed by atoms with Gasteiger partial charge in [-0.3, -0.25) is 11.3 Å². The van der Waals surface area contributed by atoms with Crippen LogP contribution in [-0.4, -0.2) is 15.6 Å². The zero-order valence-electron chi connectivity index (χ0n) is 11.6. The van der Waals surface area contributed by atoms with Crippen molar-refractivity contribution in [1.82, 2.24) is 15.0 Å². The lowest BCUT2D eigenvalue weighted by Gasteiger charge is -2.17. The number of hydrazine groups is 1. The molecule has 0 aliphatic rings. The van der Waals surface area contributed by atoms with E-state index < -0.39 is 0 Å². The molecule has 1 unspecified atom stereocenters. The van der Waals surface area contributed by atoms with Gasteiger partial charge < -0.3 is 4.57 Å². The third-order valence-corrected chi connectivity index (χ3v) is 3.60. The summed E-state index contributed by atoms with van der Waals surface area (Å²) < 4.78 is 2.06. The first-order valence-corrected chi connectivity index (χ1v) is 6.67. The van der Waals surface area contributed by atoms with Crippen LogP contribution >= 0.6 is 0 Å². The fourth-order valence-electron chi connectivity index (χ4n) is 2.29. The van der Waals surface area contributed by atoms with Gasteiger partial charge in [-0.25, -0.2) is 4.98 Å². The van der Waals surface area contributed by atoms with Crippen molar-refractivity contribution >= 4 is 0 Å². The van der Waals surface area contributed by atoms with E-state index in [2.05, 4.69) is 46.2 Å². The number of aromatic nitrogens is 2. The lowest BCUT2D eigenvalue weighted by atomic mass is 9.98. The molecule has 0 radical (unpaired) electrons. The molecule has 1 atom stereocenters. The minimum atomic E-state index is 0.276. The number of benzene rings is 1. The van der Waals surface area contributed by atoms with Crippen LogP contribution < -0.4 is 11.3 Å². The Kier molecular flexibility index (Phi) is 4.71. The normalized spacial score (nSPS) is 12.6. The van der Waals surface area contributed by atoms with Crippen LogP contribution in [0, 0.1) is 6.92 Å². The molecule has 102 valence electrons. The van der Waals surface area contributed by atoms with Crippen molar-refractivity contribution < 1.29 is 0 Å². The lowest BCUT2D eigenvalue weighted by molar-refractivity contribution is 0.482. The van der Waals surface area contributed by atoms with Crippen molar-refractivity contribution in [3.05, 3.63) is 53.6 Å². The molecule has 0 spiro atoms. The van der Waals surface area contributed by atoms with E-state index in [0.29, 0.717) is 0 Å². The zero-order chi connectivity index (χ0) is 13.7. The Balaban J connectivity index is 1.94. The third-order valence-electron chi connectivity index (χ3n) is 3.60. The highest BCUT2D eigenvalue weighted by Gasteiger charge is 2.10. The van der Waals surface area contributed by atoms with Gasteiger partial charge in [-0.1, -0.05) is 24.3 Å². The molecule has 0 fully saturated rings. The second kappa shape index (κ2) is 6.50. The van der Waals surface area contributed by atoms with E-state index in [0.717, 1.165) is 25.1 Å². The standard InChI is InChI=1S/C15H22N4/c1-12-5-3-4-6-13(12)11-14(18-16)7-8-15-17-9-10-19(15)2/h3-6,9-10,14,18H,7-8,11,16H2,1-2H3. The second-order valence-corrected chi connectivity index (χ2v) is 4.99. The van der Waals surface area contributed by atoms with Crippen molar-refractivity contribution in [2.75, 3.05) is 0 Å². The van der Waals surface area contributed by atoms with E-state index in [-0.39, 0.29) is 6.04 Å². The van der Waals surface area contributed by atoms with Crippen molar-refractivity contribution in [2.24, 2.45) is 12.9 Å². The lowest BCUT2D eigenvalue weighted by Crippen LogP contribution is -2.37. The smallest absolute Gasteiger partial charge is 0.108 e. The van der Waals surface area contributed by atoms with Gasteiger partial charge in [-0.2, -0.15) is 0 Å². The van der Waals surface area contributed by atoms with E-state index in [1.54, 1.807) is 0 Å². The van der Waals surface area contributed by atoms with Gasteiger partial charge in [-0.05, 0) is 30.9 Å². The zero-order valence-corrected chi connectivity index (χ0v) is 11.6. The summed E-state index contributed by atoms with van der Waals surface area (Å²) >= 11 is 0. The molecule has 1 heterocycles. The van der Waals surface area contributed by atoms with E-state index in [1.807, 2.05) is 19.4 Å². The first kappa shape index (κ1) is 13.8. The topological polar surface area (TPSA) is 55.9 Å². The molecular formula is C15H22N4. The molecule has 0 amide bonds. The van der Waals surface area contributed by atoms with Gasteiger partial charge in [0.2, 0.25) is 0 Å². The number of hydrogen-bond acceptors (Lipinski definition) is 3. The van der Waals surface area contributed by atoms with Crippen LogP contribution in [-0.2, 0) is 19.9 Å². The molecule has 0 bridgehead atoms. The minimum absolute atomic E-state index is 0.276. The fourth-order valence-corrected chi connectivity index (χ4v) is 2.29. The molecule has 0 saturated carbocycles. The van der Waals surface area contributed by atoms with Gasteiger partial charge in [0.05, 0.1) is 0 Å². The van der Waals surface area contributed by atoms with Crippen molar-refractivity contribution in [3.63, 3.8) is 0 Å². The monoisotopic (exact) mass is 258 g/mol. The van der Waals surface area contributed by atoms with Crippen LogP contribution in [0.1, 0.15) is 23.4 Å². The van der Waals surface area contributed by atoms with Gasteiger partial charge in [0.15, 0.2) is 0 Å². The Morgan fingerprint density at radius 1 is 1.37 bits per heavy atom. The molecule has 0 saturated heterocycles. The number of rotatable bonds is 6. The summed E-state index contributed by atoms with van der Waals surface area (Å²) in [4.78, 5) is 4.34. The van der Waals surface area contributed by atoms with Crippen LogP contribution in [0.3, 0.4) is 0 Å². The highest BCUT2D eigenvalue weighted by atomic mass is 15.2. The van der Waals surface area contributed by atoms with Crippen LogP contribution in [0.4, 0.5) is 0 Å². The van der Waals surface area contributed by atoms with E-state index in [1.165, 1.54) is 11.1 Å². The van der Waals surface area contributed by atoms with E-state index in [9.17, 15) is 0 Å². The largest absolute Gasteiger partial charge is 0.338 e. The van der Waals surface area contributed by atoms with Crippen LogP contribution in [0.15, 0.2) is 36.7 Å². The van der Waals surface area contributed by atoms with Gasteiger partial charge >= 0.3 is 0 Å². The summed E-state index contributed by atoms with van der Waals surface area (Å²) in [5.74, 6) is 6.77. The van der Waals surface area contributed by atoms with Crippen molar-refractivity contribution in [1.29, 1.82) is 0 Å². The van der Waals surface area contributed by atoms with E-state index in [4.69, 9.17) is 5.84 Å². The maximum Gasteiger partial charge on any atom is 0.108 e. The van der Waals surface area contributed by atoms with Crippen molar-refractivity contribution in [3.8, 4) is 0 Å². The molecule has 1 aromatic carbocycles. The fraction of sp³-hybridized carbons (Fsp3) is 0.400. The van der Waals surface area contributed by atoms with Gasteiger partial charge in [0.25, 0.3) is 0 Å². The van der Waals surface area contributed by atoms with Gasteiger partial charge in [0, 0.05) is 31.9 Å². The predicted molar refractivity (Wildman–Crippen MR) is 77.5 cm³/mol. The molecule has 2 rings (SSSR count). The van der Waals surface area contributed by atoms with Gasteiger partial charge in [-0.15, -0.1) is 0 Å². The highest BCUT2D eigenvalue weighted by Crippen LogP contribution is 2.12. The summed E-state index contributed by atoms with van der Waals surface area (Å²) in [6.45, 7) is 2.14. The second-order valence-electron chi connectivity index (χ2n) is 4.99. The molecule has 2 aromatic rings.